The summed E-state index contributed by atoms with van der Waals surface area (Å²) in [5.41, 5.74) is 3.44. The molecule has 5 nitrogen and oxygen atoms in total. The van der Waals surface area contributed by atoms with Crippen molar-refractivity contribution in [3.63, 3.8) is 0 Å². The van der Waals surface area contributed by atoms with Crippen LogP contribution in [0.5, 0.6) is 5.75 Å². The van der Waals surface area contributed by atoms with Gasteiger partial charge in [-0.2, -0.15) is 0 Å². The van der Waals surface area contributed by atoms with E-state index in [4.69, 9.17) is 4.74 Å². The second-order valence-corrected chi connectivity index (χ2v) is 7.17. The molecule has 0 saturated carbocycles. The summed E-state index contributed by atoms with van der Waals surface area (Å²) in [4.78, 5) is 18.9. The Morgan fingerprint density at radius 1 is 1.30 bits per heavy atom. The summed E-state index contributed by atoms with van der Waals surface area (Å²) in [5.74, 6) is 1.16. The van der Waals surface area contributed by atoms with Crippen LogP contribution in [0.15, 0.2) is 42.7 Å². The van der Waals surface area contributed by atoms with Gasteiger partial charge in [0.15, 0.2) is 0 Å². The van der Waals surface area contributed by atoms with Crippen molar-refractivity contribution in [2.24, 2.45) is 0 Å². The highest BCUT2D eigenvalue weighted by atomic mass is 16.5. The van der Waals surface area contributed by atoms with Crippen LogP contribution < -0.4 is 10.1 Å². The minimum atomic E-state index is 0.0751. The second-order valence-electron chi connectivity index (χ2n) is 7.17. The van der Waals surface area contributed by atoms with E-state index in [1.807, 2.05) is 23.2 Å². The van der Waals surface area contributed by atoms with Gasteiger partial charge in [-0.25, -0.2) is 0 Å². The van der Waals surface area contributed by atoms with Crippen molar-refractivity contribution >= 4 is 5.91 Å². The predicted molar refractivity (Wildman–Crippen MR) is 107 cm³/mol. The van der Waals surface area contributed by atoms with Crippen molar-refractivity contribution in [3.05, 3.63) is 59.4 Å². The number of nitrogens with zero attached hydrogens (tertiary/aromatic N) is 2. The van der Waals surface area contributed by atoms with Gasteiger partial charge in [-0.15, -0.1) is 0 Å². The molecule has 1 N–H and O–H groups in total. The number of aryl methyl sites for hydroxylation is 2. The molecule has 1 amide bonds. The van der Waals surface area contributed by atoms with E-state index in [-0.39, 0.29) is 11.9 Å². The molecule has 0 aliphatic carbocycles. The Morgan fingerprint density at radius 2 is 2.19 bits per heavy atom. The summed E-state index contributed by atoms with van der Waals surface area (Å²) in [6.07, 6.45) is 5.90. The van der Waals surface area contributed by atoms with E-state index in [0.29, 0.717) is 13.0 Å². The van der Waals surface area contributed by atoms with Crippen LogP contribution >= 0.6 is 0 Å². The molecule has 5 heteroatoms. The molecule has 0 spiro atoms. The normalized spacial score (nSPS) is 17.0. The third kappa shape index (κ3) is 5.30. The van der Waals surface area contributed by atoms with Crippen LogP contribution in [0.2, 0.25) is 0 Å². The molecule has 1 aromatic carbocycles. The number of carbonyl (C=O) groups is 1. The zero-order chi connectivity index (χ0) is 19.1. The lowest BCUT2D eigenvalue weighted by molar-refractivity contribution is -0.134. The van der Waals surface area contributed by atoms with Crippen LogP contribution in [-0.4, -0.2) is 42.0 Å². The van der Waals surface area contributed by atoms with Crippen molar-refractivity contribution in [3.8, 4) is 5.75 Å². The summed E-state index contributed by atoms with van der Waals surface area (Å²) in [6, 6.07) is 10.3. The fourth-order valence-electron chi connectivity index (χ4n) is 3.44. The van der Waals surface area contributed by atoms with Gasteiger partial charge >= 0.3 is 0 Å². The maximum atomic E-state index is 12.8. The first-order valence-corrected chi connectivity index (χ1v) is 9.75. The van der Waals surface area contributed by atoms with Crippen LogP contribution in [0, 0.1) is 13.8 Å². The predicted octanol–water partition coefficient (Wildman–Crippen LogP) is 3.42. The standard InChI is InChI=1S/C22H29N3O2/c1-17-8-9-18(2)21(14-17)27-13-4-3-7-22(26)25-12-11-24-16-20(25)19-6-5-10-23-15-19/h5-6,8-10,14-15,20,24H,3-4,7,11-13,16H2,1-2H3. The lowest BCUT2D eigenvalue weighted by Gasteiger charge is -2.36. The zero-order valence-electron chi connectivity index (χ0n) is 16.3. The number of unbranched alkanes of at least 4 members (excludes halogenated alkanes) is 1. The van der Waals surface area contributed by atoms with Crippen molar-refractivity contribution in [2.75, 3.05) is 26.2 Å². The number of hydrogen-bond acceptors (Lipinski definition) is 4. The molecule has 2 heterocycles. The van der Waals surface area contributed by atoms with E-state index < -0.39 is 0 Å². The van der Waals surface area contributed by atoms with Crippen molar-refractivity contribution in [1.29, 1.82) is 0 Å². The van der Waals surface area contributed by atoms with Gasteiger partial charge in [0, 0.05) is 38.4 Å². The Bertz CT molecular complexity index is 748. The molecule has 0 radical (unpaired) electrons. The molecular weight excluding hydrogens is 338 g/mol. The smallest absolute Gasteiger partial charge is 0.223 e. The van der Waals surface area contributed by atoms with Gasteiger partial charge in [-0.05, 0) is 55.5 Å². The van der Waals surface area contributed by atoms with E-state index in [1.54, 1.807) is 6.20 Å². The Labute approximate surface area is 161 Å². The summed E-state index contributed by atoms with van der Waals surface area (Å²) >= 11 is 0. The molecule has 3 rings (SSSR count). The average Bonchev–Trinajstić information content (AvgIpc) is 2.70. The Balaban J connectivity index is 1.46. The second kappa shape index (κ2) is 9.51. The largest absolute Gasteiger partial charge is 0.493 e. The van der Waals surface area contributed by atoms with Gasteiger partial charge < -0.3 is 15.0 Å². The molecule has 1 atom stereocenters. The fourth-order valence-corrected chi connectivity index (χ4v) is 3.44. The molecule has 1 aliphatic rings. The number of pyridine rings is 1. The van der Waals surface area contributed by atoms with Gasteiger partial charge in [0.1, 0.15) is 5.75 Å². The summed E-state index contributed by atoms with van der Waals surface area (Å²) in [5, 5.41) is 3.38. The maximum Gasteiger partial charge on any atom is 0.223 e. The number of nitrogens with one attached hydrogen (secondary N) is 1. The minimum absolute atomic E-state index is 0.0751. The van der Waals surface area contributed by atoms with Crippen LogP contribution in [0.1, 0.15) is 42.0 Å². The molecule has 0 bridgehead atoms. The highest BCUT2D eigenvalue weighted by Crippen LogP contribution is 2.23. The van der Waals surface area contributed by atoms with Crippen molar-refractivity contribution < 1.29 is 9.53 Å². The van der Waals surface area contributed by atoms with E-state index in [0.717, 1.165) is 49.4 Å². The molecule has 1 aromatic heterocycles. The van der Waals surface area contributed by atoms with Gasteiger partial charge in [-0.1, -0.05) is 18.2 Å². The number of hydrogen-bond donors (Lipinski definition) is 1. The number of amides is 1. The average molecular weight is 367 g/mol. The molecule has 1 unspecified atom stereocenters. The molecule has 27 heavy (non-hydrogen) atoms. The molecule has 1 saturated heterocycles. The lowest BCUT2D eigenvalue weighted by Crippen LogP contribution is -2.48. The molecule has 144 valence electrons. The Kier molecular flexibility index (Phi) is 6.82. The fraction of sp³-hybridized carbons (Fsp3) is 0.455. The van der Waals surface area contributed by atoms with E-state index in [2.05, 4.69) is 42.3 Å². The Morgan fingerprint density at radius 3 is 3.00 bits per heavy atom. The number of benzene rings is 1. The lowest BCUT2D eigenvalue weighted by atomic mass is 10.0. The quantitative estimate of drug-likeness (QED) is 0.762. The highest BCUT2D eigenvalue weighted by Gasteiger charge is 2.27. The number of aromatic nitrogens is 1. The van der Waals surface area contributed by atoms with Crippen LogP contribution in [0.3, 0.4) is 0 Å². The summed E-state index contributed by atoms with van der Waals surface area (Å²) < 4.78 is 5.89. The minimum Gasteiger partial charge on any atom is -0.493 e. The maximum absolute atomic E-state index is 12.8. The van der Waals surface area contributed by atoms with Crippen LogP contribution in [0.25, 0.3) is 0 Å². The first kappa shape index (κ1) is 19.4. The monoisotopic (exact) mass is 367 g/mol. The molecule has 1 aliphatic heterocycles. The molecule has 2 aromatic rings. The van der Waals surface area contributed by atoms with Gasteiger partial charge in [0.25, 0.3) is 0 Å². The van der Waals surface area contributed by atoms with Crippen molar-refractivity contribution in [1.82, 2.24) is 15.2 Å². The van der Waals surface area contributed by atoms with E-state index in [9.17, 15) is 4.79 Å². The summed E-state index contributed by atoms with van der Waals surface area (Å²) in [7, 11) is 0. The van der Waals surface area contributed by atoms with Gasteiger partial charge in [-0.3, -0.25) is 9.78 Å². The van der Waals surface area contributed by atoms with Crippen LogP contribution in [-0.2, 0) is 4.79 Å². The third-order valence-corrected chi connectivity index (χ3v) is 5.02. The number of piperazine rings is 1. The van der Waals surface area contributed by atoms with Gasteiger partial charge in [0.05, 0.1) is 12.6 Å². The number of rotatable bonds is 7. The third-order valence-electron chi connectivity index (χ3n) is 5.02. The first-order chi connectivity index (χ1) is 13.1. The Hall–Kier alpha value is -2.40. The zero-order valence-corrected chi connectivity index (χ0v) is 16.3. The van der Waals surface area contributed by atoms with Gasteiger partial charge in [0.2, 0.25) is 5.91 Å². The topological polar surface area (TPSA) is 54.5 Å². The SMILES string of the molecule is Cc1ccc(C)c(OCCCCC(=O)N2CCNCC2c2cccnc2)c1. The number of ether oxygens (including phenoxy) is 1. The molecule has 1 fully saturated rings. The van der Waals surface area contributed by atoms with E-state index in [1.165, 1.54) is 5.56 Å². The van der Waals surface area contributed by atoms with Crippen LogP contribution in [0.4, 0.5) is 0 Å². The molecular formula is C22H29N3O2. The highest BCUT2D eigenvalue weighted by molar-refractivity contribution is 5.76. The van der Waals surface area contributed by atoms with Crippen molar-refractivity contribution in [2.45, 2.75) is 39.2 Å². The summed E-state index contributed by atoms with van der Waals surface area (Å²) in [6.45, 7) is 7.15. The number of carbonyl (C=O) groups excluding carboxylic acids is 1. The van der Waals surface area contributed by atoms with E-state index >= 15 is 0 Å². The first-order valence-electron chi connectivity index (χ1n) is 9.75.